The second-order valence-corrected chi connectivity index (χ2v) is 5.86. The largest absolute Gasteiger partial charge is 0.493 e. The zero-order valence-electron chi connectivity index (χ0n) is 14.4. The van der Waals surface area contributed by atoms with Crippen molar-refractivity contribution in [3.8, 4) is 23.0 Å². The van der Waals surface area contributed by atoms with Crippen molar-refractivity contribution in [2.45, 2.75) is 25.6 Å². The fraction of sp³-hybridized carbons (Fsp3) is 0.300. The van der Waals surface area contributed by atoms with Gasteiger partial charge in [-0.3, -0.25) is 0 Å². The lowest BCUT2D eigenvalue weighted by atomic mass is 10.0. The van der Waals surface area contributed by atoms with E-state index in [1.807, 2.05) is 37.3 Å². The molecule has 1 N–H and O–H groups in total. The van der Waals surface area contributed by atoms with E-state index in [1.165, 1.54) is 0 Å². The van der Waals surface area contributed by atoms with Crippen LogP contribution < -0.4 is 18.9 Å². The van der Waals surface area contributed by atoms with Crippen molar-refractivity contribution in [1.82, 2.24) is 0 Å². The normalized spacial score (nSPS) is 14.7. The van der Waals surface area contributed by atoms with Gasteiger partial charge in [-0.1, -0.05) is 18.2 Å². The van der Waals surface area contributed by atoms with Gasteiger partial charge < -0.3 is 24.1 Å². The molecule has 0 fully saturated rings. The summed E-state index contributed by atoms with van der Waals surface area (Å²) in [7, 11) is 1.60. The molecule has 2 aromatic carbocycles. The van der Waals surface area contributed by atoms with Gasteiger partial charge in [-0.2, -0.15) is 0 Å². The maximum absolute atomic E-state index is 10.6. The molecule has 0 amide bonds. The molecule has 0 spiro atoms. The summed E-state index contributed by atoms with van der Waals surface area (Å²) >= 11 is 0. The van der Waals surface area contributed by atoms with Gasteiger partial charge in [-0.25, -0.2) is 0 Å². The number of benzene rings is 2. The molecule has 1 heterocycles. The highest BCUT2D eigenvalue weighted by atomic mass is 16.7. The highest BCUT2D eigenvalue weighted by molar-refractivity contribution is 5.46. The predicted octanol–water partition coefficient (Wildman–Crippen LogP) is 3.65. The van der Waals surface area contributed by atoms with E-state index in [2.05, 4.69) is 6.58 Å². The quantitative estimate of drug-likeness (QED) is 0.778. The van der Waals surface area contributed by atoms with Gasteiger partial charge in [-0.15, -0.1) is 6.58 Å². The monoisotopic (exact) mass is 342 g/mol. The molecule has 0 bridgehead atoms. The first kappa shape index (κ1) is 17.2. The molecule has 132 valence electrons. The molecule has 25 heavy (non-hydrogen) atoms. The molecular weight excluding hydrogens is 320 g/mol. The molecule has 3 rings (SSSR count). The van der Waals surface area contributed by atoms with E-state index in [-0.39, 0.29) is 6.79 Å². The van der Waals surface area contributed by atoms with Gasteiger partial charge in [0.15, 0.2) is 23.0 Å². The number of hydrogen-bond donors (Lipinski definition) is 1. The van der Waals surface area contributed by atoms with E-state index < -0.39 is 12.2 Å². The number of aliphatic hydroxyl groups is 1. The Balaban J connectivity index is 1.75. The lowest BCUT2D eigenvalue weighted by Gasteiger charge is -2.22. The SMILES string of the molecule is C=CCc1ccc(O[C@H](C)[C@@H](O)c2ccc3c(c2)OCO3)c(OC)c1. The van der Waals surface area contributed by atoms with Crippen LogP contribution in [0.1, 0.15) is 24.2 Å². The van der Waals surface area contributed by atoms with Gasteiger partial charge in [0.25, 0.3) is 0 Å². The van der Waals surface area contributed by atoms with Crippen LogP contribution in [-0.2, 0) is 6.42 Å². The molecule has 5 heteroatoms. The molecule has 2 aromatic rings. The van der Waals surface area contributed by atoms with E-state index in [0.717, 1.165) is 12.0 Å². The number of allylic oxidation sites excluding steroid dienone is 1. The minimum absolute atomic E-state index is 0.204. The molecule has 0 saturated heterocycles. The highest BCUT2D eigenvalue weighted by Gasteiger charge is 2.23. The van der Waals surface area contributed by atoms with Crippen molar-refractivity contribution in [3.63, 3.8) is 0 Å². The van der Waals surface area contributed by atoms with E-state index in [9.17, 15) is 5.11 Å². The average molecular weight is 342 g/mol. The van der Waals surface area contributed by atoms with Crippen molar-refractivity contribution in [1.29, 1.82) is 0 Å². The van der Waals surface area contributed by atoms with Crippen LogP contribution in [0.2, 0.25) is 0 Å². The molecule has 0 aromatic heterocycles. The zero-order valence-corrected chi connectivity index (χ0v) is 14.4. The topological polar surface area (TPSA) is 57.2 Å². The summed E-state index contributed by atoms with van der Waals surface area (Å²) < 4.78 is 22.0. The van der Waals surface area contributed by atoms with Gasteiger partial charge in [0.05, 0.1) is 7.11 Å². The summed E-state index contributed by atoms with van der Waals surface area (Å²) in [6.45, 7) is 5.75. The Morgan fingerprint density at radius 3 is 2.72 bits per heavy atom. The maximum atomic E-state index is 10.6. The number of ether oxygens (including phenoxy) is 4. The predicted molar refractivity (Wildman–Crippen MR) is 94.5 cm³/mol. The van der Waals surface area contributed by atoms with E-state index in [4.69, 9.17) is 18.9 Å². The Bertz CT molecular complexity index is 756. The van der Waals surface area contributed by atoms with Crippen LogP contribution in [0.25, 0.3) is 0 Å². The summed E-state index contributed by atoms with van der Waals surface area (Å²) in [5.74, 6) is 2.53. The second-order valence-electron chi connectivity index (χ2n) is 5.86. The van der Waals surface area contributed by atoms with E-state index >= 15 is 0 Å². The molecule has 0 saturated carbocycles. The summed E-state index contributed by atoms with van der Waals surface area (Å²) in [6.07, 6.45) is 1.31. The lowest BCUT2D eigenvalue weighted by molar-refractivity contribution is 0.0450. The van der Waals surface area contributed by atoms with Crippen LogP contribution in [0, 0.1) is 0 Å². The third kappa shape index (κ3) is 3.72. The molecule has 0 aliphatic carbocycles. The standard InChI is InChI=1S/C20H22O5/c1-4-5-14-6-8-17(18(10-14)22-3)25-13(2)20(21)15-7-9-16-19(11-15)24-12-23-16/h4,6-11,13,20-21H,1,5,12H2,2-3H3/t13-,20-/m1/s1. The minimum Gasteiger partial charge on any atom is -0.493 e. The Hall–Kier alpha value is -2.66. The third-order valence-corrected chi connectivity index (χ3v) is 4.10. The van der Waals surface area contributed by atoms with Crippen molar-refractivity contribution in [2.24, 2.45) is 0 Å². The fourth-order valence-electron chi connectivity index (χ4n) is 2.74. The van der Waals surface area contributed by atoms with Gasteiger partial charge >= 0.3 is 0 Å². The second kappa shape index (κ2) is 7.49. The highest BCUT2D eigenvalue weighted by Crippen LogP contribution is 2.36. The van der Waals surface area contributed by atoms with Crippen LogP contribution >= 0.6 is 0 Å². The molecule has 1 aliphatic rings. The number of fused-ring (bicyclic) bond motifs is 1. The summed E-state index contributed by atoms with van der Waals surface area (Å²) in [5.41, 5.74) is 1.79. The Kier molecular flexibility index (Phi) is 5.14. The molecule has 1 aliphatic heterocycles. The first-order valence-corrected chi connectivity index (χ1v) is 8.14. The number of rotatable bonds is 7. The molecule has 0 unspecified atom stereocenters. The summed E-state index contributed by atoms with van der Waals surface area (Å²) in [5, 5.41) is 10.6. The van der Waals surface area contributed by atoms with Gasteiger partial charge in [0.1, 0.15) is 12.2 Å². The van der Waals surface area contributed by atoms with E-state index in [1.54, 1.807) is 19.2 Å². The Morgan fingerprint density at radius 2 is 1.96 bits per heavy atom. The minimum atomic E-state index is -0.813. The van der Waals surface area contributed by atoms with Crippen molar-refractivity contribution < 1.29 is 24.1 Å². The molecule has 2 atom stereocenters. The van der Waals surface area contributed by atoms with Crippen LogP contribution in [0.4, 0.5) is 0 Å². The molecule has 5 nitrogen and oxygen atoms in total. The Morgan fingerprint density at radius 1 is 1.16 bits per heavy atom. The smallest absolute Gasteiger partial charge is 0.231 e. The number of methoxy groups -OCH3 is 1. The van der Waals surface area contributed by atoms with Crippen molar-refractivity contribution in [2.75, 3.05) is 13.9 Å². The Labute approximate surface area is 147 Å². The number of aliphatic hydroxyl groups excluding tert-OH is 1. The third-order valence-electron chi connectivity index (χ3n) is 4.10. The van der Waals surface area contributed by atoms with Crippen LogP contribution in [0.3, 0.4) is 0 Å². The molecule has 0 radical (unpaired) electrons. The fourth-order valence-corrected chi connectivity index (χ4v) is 2.74. The van der Waals surface area contributed by atoms with Crippen LogP contribution in [0.15, 0.2) is 49.1 Å². The average Bonchev–Trinajstić information content (AvgIpc) is 3.10. The first-order valence-electron chi connectivity index (χ1n) is 8.14. The zero-order chi connectivity index (χ0) is 17.8. The van der Waals surface area contributed by atoms with Gasteiger partial charge in [0, 0.05) is 0 Å². The van der Waals surface area contributed by atoms with Crippen LogP contribution in [0.5, 0.6) is 23.0 Å². The van der Waals surface area contributed by atoms with Gasteiger partial charge in [0.2, 0.25) is 6.79 Å². The number of hydrogen-bond acceptors (Lipinski definition) is 5. The molecular formula is C20H22O5. The van der Waals surface area contributed by atoms with Crippen molar-refractivity contribution in [3.05, 3.63) is 60.2 Å². The summed E-state index contributed by atoms with van der Waals surface area (Å²) in [4.78, 5) is 0. The lowest BCUT2D eigenvalue weighted by Crippen LogP contribution is -2.22. The maximum Gasteiger partial charge on any atom is 0.231 e. The first-order chi connectivity index (χ1) is 12.1. The van der Waals surface area contributed by atoms with E-state index in [0.29, 0.717) is 28.6 Å². The van der Waals surface area contributed by atoms with Gasteiger partial charge in [-0.05, 0) is 48.7 Å². The summed E-state index contributed by atoms with van der Waals surface area (Å²) in [6, 6.07) is 11.1. The van der Waals surface area contributed by atoms with Crippen molar-refractivity contribution >= 4 is 0 Å². The van der Waals surface area contributed by atoms with Crippen LogP contribution in [-0.4, -0.2) is 25.1 Å².